The van der Waals surface area contributed by atoms with Crippen LogP contribution < -0.4 is 15.4 Å². The highest BCUT2D eigenvalue weighted by Gasteiger charge is 2.30. The summed E-state index contributed by atoms with van der Waals surface area (Å²) in [6.07, 6.45) is 4.03. The quantitative estimate of drug-likeness (QED) is 0.625. The molecule has 1 aliphatic carbocycles. The highest BCUT2D eigenvalue weighted by molar-refractivity contribution is 7.80. The second-order valence-electron chi connectivity index (χ2n) is 4.92. The second kappa shape index (κ2) is 7.24. The Balaban J connectivity index is 1.90. The number of ether oxygens (including phenoxy) is 1. The number of benzene rings is 1. The van der Waals surface area contributed by atoms with Crippen molar-refractivity contribution >= 4 is 28.9 Å². The van der Waals surface area contributed by atoms with Gasteiger partial charge in [0.05, 0.1) is 12.3 Å². The zero-order valence-corrected chi connectivity index (χ0v) is 12.5. The summed E-state index contributed by atoms with van der Waals surface area (Å²) >= 11 is 5.16. The molecule has 0 spiro atoms. The number of para-hydroxylation sites is 2. The van der Waals surface area contributed by atoms with Gasteiger partial charge in [-0.25, -0.2) is 0 Å². The van der Waals surface area contributed by atoms with Crippen molar-refractivity contribution < 1.29 is 9.53 Å². The number of carbonyl (C=O) groups is 1. The Labute approximate surface area is 124 Å². The molecule has 108 valence electrons. The summed E-state index contributed by atoms with van der Waals surface area (Å²) in [5, 5.41) is 6.06. The Morgan fingerprint density at radius 2 is 2.15 bits per heavy atom. The number of anilines is 1. The fourth-order valence-corrected chi connectivity index (χ4v) is 1.95. The average Bonchev–Trinajstić information content (AvgIpc) is 3.25. The van der Waals surface area contributed by atoms with E-state index in [1.165, 1.54) is 0 Å². The van der Waals surface area contributed by atoms with Gasteiger partial charge >= 0.3 is 0 Å². The molecule has 1 amide bonds. The van der Waals surface area contributed by atoms with E-state index in [-0.39, 0.29) is 11.8 Å². The number of hydrogen-bond donors (Lipinski definition) is 2. The van der Waals surface area contributed by atoms with Gasteiger partial charge in [-0.3, -0.25) is 4.79 Å². The first-order chi connectivity index (χ1) is 9.70. The van der Waals surface area contributed by atoms with Crippen LogP contribution >= 0.6 is 12.2 Å². The fourth-order valence-electron chi connectivity index (χ4n) is 1.74. The minimum atomic E-state index is 0.00637. The number of thiocarbonyl (C=S) groups is 1. The van der Waals surface area contributed by atoms with Crippen molar-refractivity contribution in [3.8, 4) is 5.75 Å². The molecule has 1 aromatic carbocycles. The molecule has 0 radical (unpaired) electrons. The maximum atomic E-state index is 11.6. The topological polar surface area (TPSA) is 50.4 Å². The summed E-state index contributed by atoms with van der Waals surface area (Å²) in [6.45, 7) is 2.80. The Hall–Kier alpha value is -1.62. The van der Waals surface area contributed by atoms with Crippen LogP contribution in [0.4, 0.5) is 5.69 Å². The van der Waals surface area contributed by atoms with Crippen LogP contribution in [0.15, 0.2) is 24.3 Å². The third-order valence-corrected chi connectivity index (χ3v) is 3.28. The molecule has 0 unspecified atom stereocenters. The number of unbranched alkanes of at least 4 members (excludes halogenated alkanes) is 1. The lowest BCUT2D eigenvalue weighted by molar-refractivity contribution is -0.120. The highest BCUT2D eigenvalue weighted by Crippen LogP contribution is 2.29. The van der Waals surface area contributed by atoms with Gasteiger partial charge in [0.15, 0.2) is 5.11 Å². The molecular formula is C15H20N2O2S. The van der Waals surface area contributed by atoms with Crippen LogP contribution in [-0.4, -0.2) is 17.6 Å². The maximum Gasteiger partial charge on any atom is 0.229 e. The first kappa shape index (κ1) is 14.8. The molecule has 0 bridgehead atoms. The molecule has 2 rings (SSSR count). The first-order valence-electron chi connectivity index (χ1n) is 7.04. The van der Waals surface area contributed by atoms with Crippen molar-refractivity contribution in [3.05, 3.63) is 24.3 Å². The largest absolute Gasteiger partial charge is 0.491 e. The second-order valence-corrected chi connectivity index (χ2v) is 5.32. The molecule has 1 aliphatic rings. The van der Waals surface area contributed by atoms with E-state index in [1.807, 2.05) is 24.3 Å². The van der Waals surface area contributed by atoms with Crippen LogP contribution in [0.3, 0.4) is 0 Å². The molecule has 0 saturated heterocycles. The van der Waals surface area contributed by atoms with Crippen molar-refractivity contribution in [1.29, 1.82) is 0 Å². The minimum absolute atomic E-state index is 0.00637. The van der Waals surface area contributed by atoms with Crippen molar-refractivity contribution in [1.82, 2.24) is 5.32 Å². The van der Waals surface area contributed by atoms with Gasteiger partial charge in [-0.1, -0.05) is 25.5 Å². The Morgan fingerprint density at radius 3 is 2.85 bits per heavy atom. The summed E-state index contributed by atoms with van der Waals surface area (Å²) < 4.78 is 5.71. The average molecular weight is 292 g/mol. The van der Waals surface area contributed by atoms with Gasteiger partial charge in [0, 0.05) is 5.92 Å². The standard InChI is InChI=1S/C15H20N2O2S/c1-2-3-10-19-13-7-5-4-6-12(13)16-15(20)17-14(18)11-8-9-11/h4-7,11H,2-3,8-10H2,1H3,(H2,16,17,18,20). The molecule has 1 fully saturated rings. The first-order valence-corrected chi connectivity index (χ1v) is 7.45. The van der Waals surface area contributed by atoms with E-state index in [2.05, 4.69) is 17.6 Å². The lowest BCUT2D eigenvalue weighted by atomic mass is 10.3. The fraction of sp³-hybridized carbons (Fsp3) is 0.467. The van der Waals surface area contributed by atoms with Crippen LogP contribution in [0.25, 0.3) is 0 Å². The van der Waals surface area contributed by atoms with Gasteiger partial charge in [0.1, 0.15) is 5.75 Å². The molecule has 1 aromatic rings. The monoisotopic (exact) mass is 292 g/mol. The van der Waals surface area contributed by atoms with E-state index < -0.39 is 0 Å². The van der Waals surface area contributed by atoms with Gasteiger partial charge in [-0.05, 0) is 43.6 Å². The van der Waals surface area contributed by atoms with Gasteiger partial charge in [-0.15, -0.1) is 0 Å². The minimum Gasteiger partial charge on any atom is -0.491 e. The number of nitrogens with one attached hydrogen (secondary N) is 2. The third kappa shape index (κ3) is 4.49. The van der Waals surface area contributed by atoms with E-state index in [0.29, 0.717) is 11.7 Å². The van der Waals surface area contributed by atoms with Crippen LogP contribution in [0, 0.1) is 5.92 Å². The molecule has 5 heteroatoms. The van der Waals surface area contributed by atoms with Crippen LogP contribution in [0.2, 0.25) is 0 Å². The van der Waals surface area contributed by atoms with E-state index in [0.717, 1.165) is 37.1 Å². The van der Waals surface area contributed by atoms with Gasteiger partial charge in [-0.2, -0.15) is 0 Å². The predicted molar refractivity (Wildman–Crippen MR) is 83.9 cm³/mol. The summed E-state index contributed by atoms with van der Waals surface area (Å²) in [7, 11) is 0. The number of hydrogen-bond acceptors (Lipinski definition) is 3. The number of carbonyl (C=O) groups excluding carboxylic acids is 1. The maximum absolute atomic E-state index is 11.6. The molecule has 4 nitrogen and oxygen atoms in total. The number of rotatable bonds is 6. The lowest BCUT2D eigenvalue weighted by Crippen LogP contribution is -2.35. The number of amides is 1. The predicted octanol–water partition coefficient (Wildman–Crippen LogP) is 3.09. The Bertz CT molecular complexity index is 487. The zero-order valence-electron chi connectivity index (χ0n) is 11.6. The van der Waals surface area contributed by atoms with Crippen molar-refractivity contribution in [2.45, 2.75) is 32.6 Å². The Kier molecular flexibility index (Phi) is 5.35. The van der Waals surface area contributed by atoms with Crippen LogP contribution in [-0.2, 0) is 4.79 Å². The van der Waals surface area contributed by atoms with Crippen LogP contribution in [0.1, 0.15) is 32.6 Å². The molecule has 2 N–H and O–H groups in total. The molecule has 1 saturated carbocycles. The smallest absolute Gasteiger partial charge is 0.229 e. The normalized spacial score (nSPS) is 13.7. The third-order valence-electron chi connectivity index (χ3n) is 3.08. The van der Waals surface area contributed by atoms with E-state index in [4.69, 9.17) is 17.0 Å². The molecular weight excluding hydrogens is 272 g/mol. The van der Waals surface area contributed by atoms with Crippen molar-refractivity contribution in [2.75, 3.05) is 11.9 Å². The summed E-state index contributed by atoms with van der Waals surface area (Å²) in [6, 6.07) is 7.60. The SMILES string of the molecule is CCCCOc1ccccc1NC(=S)NC(=O)C1CC1. The zero-order chi connectivity index (χ0) is 14.4. The Morgan fingerprint density at radius 1 is 1.40 bits per heavy atom. The molecule has 0 aliphatic heterocycles. The van der Waals surface area contributed by atoms with E-state index in [9.17, 15) is 4.79 Å². The summed E-state index contributed by atoms with van der Waals surface area (Å²) in [5.74, 6) is 0.904. The highest BCUT2D eigenvalue weighted by atomic mass is 32.1. The van der Waals surface area contributed by atoms with Gasteiger partial charge in [0.2, 0.25) is 5.91 Å². The molecule has 0 aromatic heterocycles. The van der Waals surface area contributed by atoms with Gasteiger partial charge in [0.25, 0.3) is 0 Å². The molecule has 20 heavy (non-hydrogen) atoms. The summed E-state index contributed by atoms with van der Waals surface area (Å²) in [5.41, 5.74) is 0.782. The van der Waals surface area contributed by atoms with E-state index >= 15 is 0 Å². The lowest BCUT2D eigenvalue weighted by Gasteiger charge is -2.14. The van der Waals surface area contributed by atoms with Crippen molar-refractivity contribution in [2.24, 2.45) is 5.92 Å². The van der Waals surface area contributed by atoms with Crippen molar-refractivity contribution in [3.63, 3.8) is 0 Å². The van der Waals surface area contributed by atoms with Crippen LogP contribution in [0.5, 0.6) is 5.75 Å². The van der Waals surface area contributed by atoms with Gasteiger partial charge < -0.3 is 15.4 Å². The summed E-state index contributed by atoms with van der Waals surface area (Å²) in [4.78, 5) is 11.6. The molecule has 0 heterocycles. The molecule has 0 atom stereocenters. The van der Waals surface area contributed by atoms with E-state index in [1.54, 1.807) is 0 Å².